The zero-order valence-corrected chi connectivity index (χ0v) is 19.7. The topological polar surface area (TPSA) is 92.5 Å². The third-order valence-corrected chi connectivity index (χ3v) is 6.19. The van der Waals surface area contributed by atoms with E-state index < -0.39 is 5.76 Å². The average Bonchev–Trinajstić information content (AvgIpc) is 3.37. The molecule has 1 atom stereocenters. The fraction of sp³-hybridized carbons (Fsp3) is 0.269. The number of oxazole rings is 1. The fourth-order valence-electron chi connectivity index (χ4n) is 4.58. The molecule has 0 amide bonds. The predicted octanol–water partition coefficient (Wildman–Crippen LogP) is 5.18. The maximum absolute atomic E-state index is 13.1. The number of nitrogens with zero attached hydrogens (tertiary/aromatic N) is 3. The number of aryl methyl sites for hydroxylation is 2. The van der Waals surface area contributed by atoms with Crippen LogP contribution in [-0.4, -0.2) is 28.9 Å². The molecule has 0 aliphatic carbocycles. The third kappa shape index (κ3) is 3.38. The van der Waals surface area contributed by atoms with E-state index in [-0.39, 0.29) is 12.6 Å². The van der Waals surface area contributed by atoms with E-state index in [1.54, 1.807) is 18.8 Å². The van der Waals surface area contributed by atoms with Crippen molar-refractivity contribution >= 4 is 22.0 Å². The summed E-state index contributed by atoms with van der Waals surface area (Å²) in [5.41, 5.74) is 5.72. The molecule has 0 N–H and O–H groups in total. The zero-order valence-electron chi connectivity index (χ0n) is 19.7. The molecule has 0 fully saturated rings. The molecule has 8 heteroatoms. The summed E-state index contributed by atoms with van der Waals surface area (Å²) in [6.07, 6.45) is 0. The third-order valence-electron chi connectivity index (χ3n) is 6.19. The molecular weight excluding hydrogens is 434 g/mol. The molecule has 5 rings (SSSR count). The highest BCUT2D eigenvalue weighted by molar-refractivity contribution is 6.05. The van der Waals surface area contributed by atoms with Crippen molar-refractivity contribution in [3.05, 3.63) is 75.7 Å². The maximum atomic E-state index is 13.1. The second-order valence-corrected chi connectivity index (χ2v) is 8.26. The van der Waals surface area contributed by atoms with Crippen molar-refractivity contribution in [2.75, 3.05) is 14.2 Å². The first-order chi connectivity index (χ1) is 16.4. The molecule has 0 saturated heterocycles. The number of hydrogen-bond donors (Lipinski definition) is 0. The van der Waals surface area contributed by atoms with E-state index in [1.807, 2.05) is 63.2 Å². The molecule has 2 aromatic carbocycles. The van der Waals surface area contributed by atoms with Crippen LogP contribution in [0.5, 0.6) is 5.75 Å². The minimum atomic E-state index is -0.452. The molecular formula is C26H25N3O5. The van der Waals surface area contributed by atoms with Crippen molar-refractivity contribution in [2.45, 2.75) is 33.4 Å². The Morgan fingerprint density at radius 1 is 1.12 bits per heavy atom. The second-order valence-electron chi connectivity index (χ2n) is 8.26. The number of pyridine rings is 1. The van der Waals surface area contributed by atoms with E-state index in [1.165, 1.54) is 0 Å². The normalized spacial score (nSPS) is 12.5. The molecule has 0 spiro atoms. The van der Waals surface area contributed by atoms with E-state index in [9.17, 15) is 4.79 Å². The van der Waals surface area contributed by atoms with Crippen molar-refractivity contribution in [2.24, 2.45) is 0 Å². The van der Waals surface area contributed by atoms with E-state index in [2.05, 4.69) is 5.16 Å². The van der Waals surface area contributed by atoms with Gasteiger partial charge in [0.25, 0.3) is 0 Å². The number of ether oxygens (including phenoxy) is 2. The monoisotopic (exact) mass is 459 g/mol. The Bertz CT molecular complexity index is 1540. The second kappa shape index (κ2) is 8.46. The van der Waals surface area contributed by atoms with Gasteiger partial charge < -0.3 is 18.4 Å². The van der Waals surface area contributed by atoms with Crippen molar-refractivity contribution in [1.82, 2.24) is 14.7 Å². The molecule has 174 valence electrons. The van der Waals surface area contributed by atoms with Crippen LogP contribution in [0.1, 0.15) is 35.7 Å². The summed E-state index contributed by atoms with van der Waals surface area (Å²) in [5, 5.41) is 4.83. The lowest BCUT2D eigenvalue weighted by Crippen LogP contribution is -2.19. The highest BCUT2D eigenvalue weighted by Gasteiger charge is 2.25. The van der Waals surface area contributed by atoms with Crippen LogP contribution < -0.4 is 10.5 Å². The molecule has 5 aromatic rings. The van der Waals surface area contributed by atoms with Gasteiger partial charge in [-0.3, -0.25) is 4.57 Å². The van der Waals surface area contributed by atoms with Crippen LogP contribution in [-0.2, 0) is 11.3 Å². The summed E-state index contributed by atoms with van der Waals surface area (Å²) in [6.45, 7) is 5.92. The summed E-state index contributed by atoms with van der Waals surface area (Å²) >= 11 is 0. The molecule has 0 radical (unpaired) electrons. The molecule has 8 nitrogen and oxygen atoms in total. The van der Waals surface area contributed by atoms with Crippen LogP contribution in [0.2, 0.25) is 0 Å². The van der Waals surface area contributed by atoms with E-state index in [0.717, 1.165) is 27.8 Å². The molecule has 0 bridgehead atoms. The first-order valence-electron chi connectivity index (χ1n) is 11.0. The highest BCUT2D eigenvalue weighted by Crippen LogP contribution is 2.40. The first kappa shape index (κ1) is 21.9. The van der Waals surface area contributed by atoms with Gasteiger partial charge in [0, 0.05) is 18.1 Å². The standard InChI is InChI=1S/C26H25N3O5/c1-14-23(16(3)34-28-14)19-11-20-18(12-22(19)32-5)24-25(21(27-20)13-31-4)33-26(30)29(24)15(2)17-9-7-6-8-10-17/h6-12,15H,13H2,1-5H3/t15-/m1/s1. The van der Waals surface area contributed by atoms with Crippen LogP contribution >= 0.6 is 0 Å². The minimum absolute atomic E-state index is 0.200. The first-order valence-corrected chi connectivity index (χ1v) is 11.0. The lowest BCUT2D eigenvalue weighted by Gasteiger charge is -2.16. The lowest BCUT2D eigenvalue weighted by atomic mass is 10.00. The molecule has 0 unspecified atom stereocenters. The Kier molecular flexibility index (Phi) is 5.45. The Labute approximate surface area is 195 Å². The van der Waals surface area contributed by atoms with E-state index in [0.29, 0.717) is 33.8 Å². The zero-order chi connectivity index (χ0) is 24.0. The van der Waals surface area contributed by atoms with Gasteiger partial charge in [-0.25, -0.2) is 9.78 Å². The van der Waals surface area contributed by atoms with Gasteiger partial charge in [-0.1, -0.05) is 35.5 Å². The predicted molar refractivity (Wildman–Crippen MR) is 128 cm³/mol. The SMILES string of the molecule is COCc1nc2cc(-c3c(C)noc3C)c(OC)cc2c2c1oc(=O)n2[C@H](C)c1ccccc1. The summed E-state index contributed by atoms with van der Waals surface area (Å²) in [7, 11) is 3.20. The Morgan fingerprint density at radius 3 is 2.53 bits per heavy atom. The molecule has 0 aliphatic rings. The summed E-state index contributed by atoms with van der Waals surface area (Å²) in [6, 6.07) is 13.4. The van der Waals surface area contributed by atoms with Gasteiger partial charge in [0.2, 0.25) is 0 Å². The van der Waals surface area contributed by atoms with Gasteiger partial charge in [0.15, 0.2) is 5.58 Å². The fourth-order valence-corrected chi connectivity index (χ4v) is 4.58. The van der Waals surface area contributed by atoms with Gasteiger partial charge in [-0.15, -0.1) is 0 Å². The summed E-state index contributed by atoms with van der Waals surface area (Å²) in [4.78, 5) is 17.9. The van der Waals surface area contributed by atoms with Gasteiger partial charge in [-0.2, -0.15) is 0 Å². The summed E-state index contributed by atoms with van der Waals surface area (Å²) in [5.74, 6) is 0.857. The van der Waals surface area contributed by atoms with Crippen molar-refractivity contribution in [3.8, 4) is 16.9 Å². The van der Waals surface area contributed by atoms with Crippen LogP contribution in [0.25, 0.3) is 33.1 Å². The average molecular weight is 460 g/mol. The minimum Gasteiger partial charge on any atom is -0.496 e. The van der Waals surface area contributed by atoms with E-state index >= 15 is 0 Å². The number of methoxy groups -OCH3 is 2. The van der Waals surface area contributed by atoms with Crippen LogP contribution in [0.15, 0.2) is 56.2 Å². The summed E-state index contributed by atoms with van der Waals surface area (Å²) < 4.78 is 24.0. The number of aromatic nitrogens is 3. The number of rotatable bonds is 6. The van der Waals surface area contributed by atoms with Crippen molar-refractivity contribution < 1.29 is 18.4 Å². The lowest BCUT2D eigenvalue weighted by molar-refractivity contribution is 0.182. The van der Waals surface area contributed by atoms with Crippen LogP contribution in [0.3, 0.4) is 0 Å². The van der Waals surface area contributed by atoms with Crippen molar-refractivity contribution in [3.63, 3.8) is 0 Å². The van der Waals surface area contributed by atoms with Gasteiger partial charge in [0.1, 0.15) is 22.7 Å². The maximum Gasteiger partial charge on any atom is 0.420 e. The number of benzene rings is 2. The molecule has 0 aliphatic heterocycles. The van der Waals surface area contributed by atoms with Crippen LogP contribution in [0.4, 0.5) is 0 Å². The van der Waals surface area contributed by atoms with Gasteiger partial charge in [0.05, 0.1) is 36.5 Å². The Hall–Kier alpha value is -3.91. The quantitative estimate of drug-likeness (QED) is 0.345. The largest absolute Gasteiger partial charge is 0.496 e. The highest BCUT2D eigenvalue weighted by atomic mass is 16.5. The Morgan fingerprint density at radius 2 is 1.88 bits per heavy atom. The smallest absolute Gasteiger partial charge is 0.420 e. The molecule has 0 saturated carbocycles. The molecule has 3 aromatic heterocycles. The molecule has 3 heterocycles. The number of fused-ring (bicyclic) bond motifs is 3. The van der Waals surface area contributed by atoms with Gasteiger partial charge >= 0.3 is 5.76 Å². The molecule has 34 heavy (non-hydrogen) atoms. The van der Waals surface area contributed by atoms with E-state index in [4.69, 9.17) is 23.4 Å². The van der Waals surface area contributed by atoms with Crippen molar-refractivity contribution in [1.29, 1.82) is 0 Å². The number of hydrogen-bond acceptors (Lipinski definition) is 7. The van der Waals surface area contributed by atoms with Gasteiger partial charge in [-0.05, 0) is 38.5 Å². The van der Waals surface area contributed by atoms with Crippen LogP contribution in [0, 0.1) is 13.8 Å². The Balaban J connectivity index is 1.88.